The first-order valence-electron chi connectivity index (χ1n) is 7.41. The van der Waals surface area contributed by atoms with Crippen molar-refractivity contribution in [2.45, 2.75) is 19.9 Å². The Labute approximate surface area is 147 Å². The van der Waals surface area contributed by atoms with E-state index in [-0.39, 0.29) is 0 Å². The highest BCUT2D eigenvalue weighted by Gasteiger charge is 2.00. The summed E-state index contributed by atoms with van der Waals surface area (Å²) in [4.78, 5) is 0. The fourth-order valence-corrected chi connectivity index (χ4v) is 2.26. The molecule has 0 amide bonds. The first-order chi connectivity index (χ1) is 11.2. The maximum atomic E-state index is 5.24. The van der Waals surface area contributed by atoms with Crippen molar-refractivity contribution in [1.29, 1.82) is 0 Å². The van der Waals surface area contributed by atoms with Crippen molar-refractivity contribution in [2.24, 2.45) is 0 Å². The summed E-state index contributed by atoms with van der Waals surface area (Å²) in [6.45, 7) is 2.78. The lowest BCUT2D eigenvalue weighted by molar-refractivity contribution is 0.809. The van der Waals surface area contributed by atoms with Crippen molar-refractivity contribution in [2.75, 3.05) is 5.32 Å². The van der Waals surface area contributed by atoms with E-state index in [0.717, 1.165) is 17.7 Å². The number of anilines is 1. The van der Waals surface area contributed by atoms with Crippen LogP contribution in [0.5, 0.6) is 0 Å². The molecule has 0 aromatic heterocycles. The molecule has 0 atom stereocenters. The quantitative estimate of drug-likeness (QED) is 0.505. The average molecular weight is 345 g/mol. The van der Waals surface area contributed by atoms with Crippen LogP contribution in [0.4, 0.5) is 5.69 Å². The molecule has 0 saturated carbocycles. The van der Waals surface area contributed by atoms with Gasteiger partial charge in [-0.1, -0.05) is 49.4 Å². The minimum absolute atomic E-state index is 0.460. The Morgan fingerprint density at radius 3 is 2.30 bits per heavy atom. The Balaban J connectivity index is 1.72. The van der Waals surface area contributed by atoms with Gasteiger partial charge in [0.2, 0.25) is 0 Å². The lowest BCUT2D eigenvalue weighted by atomic mass is 10.1. The molecule has 2 rings (SSSR count). The number of rotatable bonds is 4. The predicted molar refractivity (Wildman–Crippen MR) is 104 cm³/mol. The van der Waals surface area contributed by atoms with Gasteiger partial charge in [-0.3, -0.25) is 10.9 Å². The van der Waals surface area contributed by atoms with Crippen LogP contribution in [-0.2, 0) is 13.0 Å². The molecule has 0 fully saturated rings. The highest BCUT2D eigenvalue weighted by molar-refractivity contribution is 7.80. The van der Waals surface area contributed by atoms with Gasteiger partial charge < -0.3 is 10.6 Å². The number of thiocarbonyl (C=S) groups is 2. The van der Waals surface area contributed by atoms with Gasteiger partial charge in [-0.15, -0.1) is 0 Å². The normalized spacial score (nSPS) is 9.78. The second-order valence-corrected chi connectivity index (χ2v) is 5.74. The van der Waals surface area contributed by atoms with Gasteiger partial charge in [0.15, 0.2) is 10.2 Å². The molecule has 2 aromatic rings. The molecule has 0 saturated heterocycles. The highest BCUT2D eigenvalue weighted by Crippen LogP contribution is 2.10. The van der Waals surface area contributed by atoms with Crippen LogP contribution in [0.25, 0.3) is 0 Å². The van der Waals surface area contributed by atoms with E-state index in [1.807, 2.05) is 42.5 Å². The van der Waals surface area contributed by atoms with Crippen LogP contribution in [0, 0.1) is 0 Å². The van der Waals surface area contributed by atoms with E-state index in [2.05, 4.69) is 40.5 Å². The fraction of sp³-hybridized carbons (Fsp3) is 0.176. The van der Waals surface area contributed by atoms with Crippen molar-refractivity contribution in [3.05, 3.63) is 65.7 Å². The summed E-state index contributed by atoms with van der Waals surface area (Å²) in [5.74, 6) is 0. The van der Waals surface area contributed by atoms with Gasteiger partial charge in [0.1, 0.15) is 0 Å². The molecule has 2 aromatic carbocycles. The van der Waals surface area contributed by atoms with Crippen molar-refractivity contribution in [3.8, 4) is 0 Å². The van der Waals surface area contributed by atoms with Crippen molar-refractivity contribution < 1.29 is 0 Å². The van der Waals surface area contributed by atoms with Crippen LogP contribution < -0.4 is 21.5 Å². The molecule has 0 bridgehead atoms. The maximum absolute atomic E-state index is 5.24. The topological polar surface area (TPSA) is 48.1 Å². The van der Waals surface area contributed by atoms with Crippen LogP contribution in [0.15, 0.2) is 54.6 Å². The SMILES string of the molecule is CCc1cccc(NC(=S)NNC(=S)NCc2ccccc2)c1. The Kier molecular flexibility index (Phi) is 6.77. The predicted octanol–water partition coefficient (Wildman–Crippen LogP) is 3.11. The van der Waals surface area contributed by atoms with Gasteiger partial charge in [0.05, 0.1) is 0 Å². The minimum atomic E-state index is 0.460. The van der Waals surface area contributed by atoms with Gasteiger partial charge in [0, 0.05) is 12.2 Å². The second kappa shape index (κ2) is 9.07. The van der Waals surface area contributed by atoms with Gasteiger partial charge in [-0.25, -0.2) is 0 Å². The Bertz CT molecular complexity index is 659. The third kappa shape index (κ3) is 6.22. The molecule has 0 radical (unpaired) electrons. The monoisotopic (exact) mass is 344 g/mol. The Hall–Kier alpha value is -2.18. The molecule has 120 valence electrons. The summed E-state index contributed by atoms with van der Waals surface area (Å²) in [5, 5.41) is 7.17. The van der Waals surface area contributed by atoms with E-state index in [0.29, 0.717) is 16.8 Å². The van der Waals surface area contributed by atoms with Crippen LogP contribution in [-0.4, -0.2) is 10.2 Å². The van der Waals surface area contributed by atoms with Gasteiger partial charge >= 0.3 is 0 Å². The van der Waals surface area contributed by atoms with Crippen LogP contribution >= 0.6 is 24.4 Å². The van der Waals surface area contributed by atoms with Crippen molar-refractivity contribution in [1.82, 2.24) is 16.2 Å². The highest BCUT2D eigenvalue weighted by atomic mass is 32.1. The number of hydrogen-bond donors (Lipinski definition) is 4. The number of hydrogen-bond acceptors (Lipinski definition) is 2. The largest absolute Gasteiger partial charge is 0.357 e. The summed E-state index contributed by atoms with van der Waals surface area (Å²) in [5.41, 5.74) is 9.11. The van der Waals surface area contributed by atoms with Crippen LogP contribution in [0.1, 0.15) is 18.1 Å². The summed E-state index contributed by atoms with van der Waals surface area (Å²) >= 11 is 10.4. The number of aryl methyl sites for hydroxylation is 1. The molecular weight excluding hydrogens is 324 g/mol. The van der Waals surface area contributed by atoms with Crippen LogP contribution in [0.2, 0.25) is 0 Å². The molecular formula is C17H20N4S2. The van der Waals surface area contributed by atoms with Crippen molar-refractivity contribution >= 4 is 40.3 Å². The summed E-state index contributed by atoms with van der Waals surface area (Å²) in [6.07, 6.45) is 0.988. The zero-order valence-corrected chi connectivity index (χ0v) is 14.6. The van der Waals surface area contributed by atoms with Gasteiger partial charge in [0.25, 0.3) is 0 Å². The molecule has 0 unspecified atom stereocenters. The number of hydrazine groups is 1. The third-order valence-electron chi connectivity index (χ3n) is 3.18. The van der Waals surface area contributed by atoms with Gasteiger partial charge in [-0.05, 0) is 54.1 Å². The maximum Gasteiger partial charge on any atom is 0.189 e. The van der Waals surface area contributed by atoms with E-state index in [1.54, 1.807) is 0 Å². The standard InChI is InChI=1S/C17H20N4S2/c1-2-13-9-6-10-15(11-13)19-17(23)21-20-16(22)18-12-14-7-4-3-5-8-14/h3-11H,2,12H2,1H3,(H2,18,20,22)(H2,19,21,23). The summed E-state index contributed by atoms with van der Waals surface area (Å²) < 4.78 is 0. The zero-order valence-electron chi connectivity index (χ0n) is 12.9. The number of benzene rings is 2. The molecule has 6 heteroatoms. The lowest BCUT2D eigenvalue weighted by Gasteiger charge is -2.14. The van der Waals surface area contributed by atoms with E-state index in [1.165, 1.54) is 5.56 Å². The number of nitrogens with one attached hydrogen (secondary N) is 4. The van der Waals surface area contributed by atoms with Crippen LogP contribution in [0.3, 0.4) is 0 Å². The smallest absolute Gasteiger partial charge is 0.189 e. The van der Waals surface area contributed by atoms with E-state index < -0.39 is 0 Å². The molecule has 0 spiro atoms. The lowest BCUT2D eigenvalue weighted by Crippen LogP contribution is -2.47. The molecule has 23 heavy (non-hydrogen) atoms. The molecule has 4 nitrogen and oxygen atoms in total. The Morgan fingerprint density at radius 1 is 0.870 bits per heavy atom. The van der Waals surface area contributed by atoms with Crippen molar-refractivity contribution in [3.63, 3.8) is 0 Å². The molecule has 0 aliphatic carbocycles. The first-order valence-corrected chi connectivity index (χ1v) is 8.22. The van der Waals surface area contributed by atoms with Gasteiger partial charge in [-0.2, -0.15) is 0 Å². The van der Waals surface area contributed by atoms with E-state index in [9.17, 15) is 0 Å². The fourth-order valence-electron chi connectivity index (χ4n) is 1.97. The molecule has 4 N–H and O–H groups in total. The third-order valence-corrected chi connectivity index (χ3v) is 3.63. The first kappa shape index (κ1) is 17.2. The summed E-state index contributed by atoms with van der Waals surface area (Å²) in [7, 11) is 0. The second-order valence-electron chi connectivity index (χ2n) is 4.93. The molecule has 0 aliphatic rings. The minimum Gasteiger partial charge on any atom is -0.357 e. The van der Waals surface area contributed by atoms with E-state index in [4.69, 9.17) is 24.4 Å². The Morgan fingerprint density at radius 2 is 1.57 bits per heavy atom. The summed E-state index contributed by atoms with van der Waals surface area (Å²) in [6, 6.07) is 18.2. The van der Waals surface area contributed by atoms with E-state index >= 15 is 0 Å². The molecule has 0 heterocycles. The zero-order chi connectivity index (χ0) is 16.5. The molecule has 0 aliphatic heterocycles. The average Bonchev–Trinajstić information content (AvgIpc) is 2.59.